The van der Waals surface area contributed by atoms with Gasteiger partial charge in [0.05, 0.1) is 30.3 Å². The van der Waals surface area contributed by atoms with Crippen LogP contribution in [0.1, 0.15) is 16.8 Å². The molecule has 1 rings (SSSR count). The van der Waals surface area contributed by atoms with Gasteiger partial charge in [0.25, 0.3) is 0 Å². The molecule has 1 aromatic rings. The highest BCUT2D eigenvalue weighted by Gasteiger charge is 2.15. The summed E-state index contributed by atoms with van der Waals surface area (Å²) in [7, 11) is 1.61. The minimum Gasteiger partial charge on any atom is -0.478 e. The Morgan fingerprint density at radius 1 is 1.50 bits per heavy atom. The molecule has 0 aromatic heterocycles. The highest BCUT2D eigenvalue weighted by Crippen LogP contribution is 2.22. The molecule has 0 heterocycles. The number of carbonyl (C=O) groups excluding carboxylic acids is 1. The van der Waals surface area contributed by atoms with E-state index in [0.717, 1.165) is 0 Å². The Labute approximate surface area is 116 Å². The summed E-state index contributed by atoms with van der Waals surface area (Å²) in [5.41, 5.74) is 6.35. The topological polar surface area (TPSA) is 119 Å². The van der Waals surface area contributed by atoms with E-state index in [4.69, 9.17) is 16.1 Å². The summed E-state index contributed by atoms with van der Waals surface area (Å²) in [6.07, 6.45) is 0.234. The van der Waals surface area contributed by atoms with E-state index < -0.39 is 5.97 Å². The number of nitrogens with zero attached hydrogens (tertiary/aromatic N) is 2. The average Bonchev–Trinajstić information content (AvgIpc) is 2.38. The molecule has 0 fully saturated rings. The molecule has 0 spiro atoms. The number of hydrogen-bond donors (Lipinski definition) is 3. The van der Waals surface area contributed by atoms with E-state index in [2.05, 4.69) is 5.32 Å². The third-order valence-corrected chi connectivity index (χ3v) is 2.60. The summed E-state index contributed by atoms with van der Waals surface area (Å²) < 4.78 is 0. The second-order valence-electron chi connectivity index (χ2n) is 4.20. The van der Waals surface area contributed by atoms with Crippen molar-refractivity contribution in [2.24, 2.45) is 0 Å². The smallest absolute Gasteiger partial charge is 0.337 e. The number of carboxylic acid groups (broad SMARTS) is 1. The first-order valence-corrected chi connectivity index (χ1v) is 5.93. The van der Waals surface area contributed by atoms with Gasteiger partial charge in [-0.2, -0.15) is 5.26 Å². The Balaban J connectivity index is 2.77. The molecule has 0 saturated heterocycles. The molecule has 20 heavy (non-hydrogen) atoms. The standard InChI is InChI=1S/C13H16N4O3/c1-17(8-12(18)16-6-2-5-14)11-4-3-9(15)7-10(11)13(19)20/h3-4,7H,2,6,8,15H2,1H3,(H,16,18)(H,19,20). The fourth-order valence-corrected chi connectivity index (χ4v) is 1.67. The fraction of sp³-hybridized carbons (Fsp3) is 0.308. The van der Waals surface area contributed by atoms with Crippen LogP contribution in [0.3, 0.4) is 0 Å². The largest absolute Gasteiger partial charge is 0.478 e. The number of anilines is 2. The number of nitriles is 1. The number of carboxylic acids is 1. The molecule has 0 aliphatic rings. The van der Waals surface area contributed by atoms with Gasteiger partial charge < -0.3 is 21.1 Å². The first kappa shape index (κ1) is 15.3. The molecule has 1 aromatic carbocycles. The van der Waals surface area contributed by atoms with Gasteiger partial charge in [-0.1, -0.05) is 0 Å². The van der Waals surface area contributed by atoms with E-state index >= 15 is 0 Å². The van der Waals surface area contributed by atoms with Crippen LogP contribution in [0.5, 0.6) is 0 Å². The van der Waals surface area contributed by atoms with E-state index in [0.29, 0.717) is 11.4 Å². The number of nitrogens with two attached hydrogens (primary N) is 1. The maximum atomic E-state index is 11.6. The Bertz CT molecular complexity index is 551. The lowest BCUT2D eigenvalue weighted by Crippen LogP contribution is -2.36. The van der Waals surface area contributed by atoms with Crippen LogP contribution in [0.25, 0.3) is 0 Å². The molecule has 7 heteroatoms. The van der Waals surface area contributed by atoms with E-state index in [9.17, 15) is 9.59 Å². The van der Waals surface area contributed by atoms with Gasteiger partial charge in [-0.15, -0.1) is 0 Å². The van der Waals surface area contributed by atoms with Crippen molar-refractivity contribution in [1.82, 2.24) is 5.32 Å². The Hall–Kier alpha value is -2.75. The molecule has 0 bridgehead atoms. The monoisotopic (exact) mass is 276 g/mol. The van der Waals surface area contributed by atoms with E-state index in [1.54, 1.807) is 19.2 Å². The first-order chi connectivity index (χ1) is 9.45. The van der Waals surface area contributed by atoms with E-state index in [1.807, 2.05) is 6.07 Å². The van der Waals surface area contributed by atoms with Gasteiger partial charge in [-0.05, 0) is 18.2 Å². The molecule has 0 unspecified atom stereocenters. The predicted molar refractivity (Wildman–Crippen MR) is 74.3 cm³/mol. The van der Waals surface area contributed by atoms with Crippen molar-refractivity contribution < 1.29 is 14.7 Å². The number of likely N-dealkylation sites (N-methyl/N-ethyl adjacent to an activating group) is 1. The van der Waals surface area contributed by atoms with Gasteiger partial charge in [-0.25, -0.2) is 4.79 Å². The molecule has 0 radical (unpaired) electrons. The third-order valence-electron chi connectivity index (χ3n) is 2.60. The van der Waals surface area contributed by atoms with E-state index in [-0.39, 0.29) is 31.0 Å². The number of carbonyl (C=O) groups is 2. The summed E-state index contributed by atoms with van der Waals surface area (Å²) in [5.74, 6) is -1.39. The van der Waals surface area contributed by atoms with Crippen LogP contribution in [-0.2, 0) is 4.79 Å². The van der Waals surface area contributed by atoms with Crippen molar-refractivity contribution in [2.45, 2.75) is 6.42 Å². The van der Waals surface area contributed by atoms with Crippen LogP contribution in [0.15, 0.2) is 18.2 Å². The number of nitrogens with one attached hydrogen (secondary N) is 1. The third kappa shape index (κ3) is 4.17. The second kappa shape index (κ2) is 6.99. The summed E-state index contributed by atoms with van der Waals surface area (Å²) in [6.45, 7) is 0.270. The van der Waals surface area contributed by atoms with Gasteiger partial charge in [0.2, 0.25) is 5.91 Å². The quantitative estimate of drug-likeness (QED) is 0.512. The zero-order valence-corrected chi connectivity index (χ0v) is 11.1. The van der Waals surface area contributed by atoms with E-state index in [1.165, 1.54) is 11.0 Å². The molecule has 0 saturated carbocycles. The van der Waals surface area contributed by atoms with Crippen molar-refractivity contribution in [3.05, 3.63) is 23.8 Å². The van der Waals surface area contributed by atoms with Crippen LogP contribution in [0.4, 0.5) is 11.4 Å². The first-order valence-electron chi connectivity index (χ1n) is 5.93. The van der Waals surface area contributed by atoms with Gasteiger partial charge in [0.15, 0.2) is 0 Å². The van der Waals surface area contributed by atoms with Crippen molar-refractivity contribution >= 4 is 23.3 Å². The molecule has 106 valence electrons. The lowest BCUT2D eigenvalue weighted by molar-refractivity contribution is -0.119. The minimum atomic E-state index is -1.11. The minimum absolute atomic E-state index is 0.00434. The van der Waals surface area contributed by atoms with Crippen molar-refractivity contribution in [1.29, 1.82) is 5.26 Å². The molecule has 4 N–H and O–H groups in total. The number of amides is 1. The maximum absolute atomic E-state index is 11.6. The molecule has 0 atom stereocenters. The van der Waals surface area contributed by atoms with Gasteiger partial charge in [0.1, 0.15) is 0 Å². The summed E-state index contributed by atoms with van der Waals surface area (Å²) in [6, 6.07) is 6.40. The SMILES string of the molecule is CN(CC(=O)NCCC#N)c1ccc(N)cc1C(=O)O. The van der Waals surface area contributed by atoms with Crippen molar-refractivity contribution in [3.8, 4) is 6.07 Å². The molecule has 0 aliphatic carbocycles. The molecule has 7 nitrogen and oxygen atoms in total. The molecule has 0 aliphatic heterocycles. The van der Waals surface area contributed by atoms with Gasteiger partial charge in [0, 0.05) is 19.3 Å². The highest BCUT2D eigenvalue weighted by molar-refractivity contribution is 5.96. The normalized spacial score (nSPS) is 9.60. The molecular formula is C13H16N4O3. The Morgan fingerprint density at radius 2 is 2.20 bits per heavy atom. The molecular weight excluding hydrogens is 260 g/mol. The van der Waals surface area contributed by atoms with Crippen molar-refractivity contribution in [3.63, 3.8) is 0 Å². The predicted octanol–water partition coefficient (Wildman–Crippen LogP) is 0.433. The fourth-order valence-electron chi connectivity index (χ4n) is 1.67. The van der Waals surface area contributed by atoms with Crippen LogP contribution in [0, 0.1) is 11.3 Å². The maximum Gasteiger partial charge on any atom is 0.337 e. The van der Waals surface area contributed by atoms with Crippen LogP contribution >= 0.6 is 0 Å². The lowest BCUT2D eigenvalue weighted by Gasteiger charge is -2.20. The summed E-state index contributed by atoms with van der Waals surface area (Å²) in [5, 5.41) is 20.1. The second-order valence-corrected chi connectivity index (χ2v) is 4.20. The zero-order valence-electron chi connectivity index (χ0n) is 11.1. The lowest BCUT2D eigenvalue weighted by atomic mass is 10.1. The highest BCUT2D eigenvalue weighted by atomic mass is 16.4. The number of rotatable bonds is 6. The number of hydrogen-bond acceptors (Lipinski definition) is 5. The number of aromatic carboxylic acids is 1. The van der Waals surface area contributed by atoms with Gasteiger partial charge in [-0.3, -0.25) is 4.79 Å². The zero-order chi connectivity index (χ0) is 15.1. The number of nitrogen functional groups attached to an aromatic ring is 1. The number of benzene rings is 1. The summed E-state index contributed by atoms with van der Waals surface area (Å²) in [4.78, 5) is 24.3. The Kier molecular flexibility index (Phi) is 5.35. The van der Waals surface area contributed by atoms with Crippen LogP contribution < -0.4 is 16.0 Å². The van der Waals surface area contributed by atoms with Crippen LogP contribution in [0.2, 0.25) is 0 Å². The van der Waals surface area contributed by atoms with Crippen LogP contribution in [-0.4, -0.2) is 37.1 Å². The van der Waals surface area contributed by atoms with Crippen molar-refractivity contribution in [2.75, 3.05) is 30.8 Å². The average molecular weight is 276 g/mol. The summed E-state index contributed by atoms with van der Waals surface area (Å²) >= 11 is 0. The Morgan fingerprint density at radius 3 is 2.80 bits per heavy atom. The molecule has 1 amide bonds. The van der Waals surface area contributed by atoms with Gasteiger partial charge >= 0.3 is 5.97 Å².